The highest BCUT2D eigenvalue weighted by Crippen LogP contribution is 2.21. The first-order valence-corrected chi connectivity index (χ1v) is 8.16. The SMILES string of the molecule is Cc1ccc(NC(=O)C(C)Cn2nc(C)c(Br)c2C)c(C)c1. The summed E-state index contributed by atoms with van der Waals surface area (Å²) in [5, 5.41) is 7.46. The largest absolute Gasteiger partial charge is 0.326 e. The number of aromatic nitrogens is 2. The second-order valence-electron chi connectivity index (χ2n) is 5.88. The summed E-state index contributed by atoms with van der Waals surface area (Å²) in [5.74, 6) is -0.152. The minimum atomic E-state index is -0.161. The molecule has 1 unspecified atom stereocenters. The molecule has 118 valence electrons. The van der Waals surface area contributed by atoms with E-state index in [0.29, 0.717) is 6.54 Å². The Balaban J connectivity index is 2.07. The molecule has 1 atom stereocenters. The summed E-state index contributed by atoms with van der Waals surface area (Å²) in [5.41, 5.74) is 5.13. The molecule has 0 bridgehead atoms. The van der Waals surface area contributed by atoms with Gasteiger partial charge in [-0.2, -0.15) is 5.10 Å². The Morgan fingerprint density at radius 2 is 2.00 bits per heavy atom. The van der Waals surface area contributed by atoms with Crippen LogP contribution in [0.15, 0.2) is 22.7 Å². The summed E-state index contributed by atoms with van der Waals surface area (Å²) in [6.07, 6.45) is 0. The van der Waals surface area contributed by atoms with Crippen LogP contribution >= 0.6 is 15.9 Å². The third kappa shape index (κ3) is 3.58. The Kier molecular flexibility index (Phi) is 5.06. The van der Waals surface area contributed by atoms with E-state index in [0.717, 1.165) is 27.1 Å². The lowest BCUT2D eigenvalue weighted by molar-refractivity contribution is -0.119. The molecule has 5 heteroatoms. The van der Waals surface area contributed by atoms with Crippen LogP contribution in [0.1, 0.15) is 29.4 Å². The zero-order chi connectivity index (χ0) is 16.4. The van der Waals surface area contributed by atoms with Crippen LogP contribution in [0.5, 0.6) is 0 Å². The number of nitrogens with zero attached hydrogens (tertiary/aromatic N) is 2. The number of carbonyl (C=O) groups excluding carboxylic acids is 1. The molecular weight excluding hydrogens is 342 g/mol. The van der Waals surface area contributed by atoms with Crippen molar-refractivity contribution in [2.75, 3.05) is 5.32 Å². The first-order valence-electron chi connectivity index (χ1n) is 7.37. The maximum Gasteiger partial charge on any atom is 0.229 e. The zero-order valence-corrected chi connectivity index (χ0v) is 15.3. The fraction of sp³-hybridized carbons (Fsp3) is 0.412. The second kappa shape index (κ2) is 6.65. The van der Waals surface area contributed by atoms with Crippen LogP contribution < -0.4 is 5.32 Å². The third-order valence-electron chi connectivity index (χ3n) is 3.83. The van der Waals surface area contributed by atoms with Gasteiger partial charge in [-0.25, -0.2) is 0 Å². The van der Waals surface area contributed by atoms with Gasteiger partial charge >= 0.3 is 0 Å². The van der Waals surface area contributed by atoms with Gasteiger partial charge in [0, 0.05) is 11.4 Å². The summed E-state index contributed by atoms with van der Waals surface area (Å²) in [6.45, 7) is 10.5. The quantitative estimate of drug-likeness (QED) is 0.886. The number of halogens is 1. The average molecular weight is 364 g/mol. The molecule has 1 aromatic heterocycles. The number of hydrogen-bond acceptors (Lipinski definition) is 2. The van der Waals surface area contributed by atoms with Gasteiger partial charge in [-0.05, 0) is 55.3 Å². The topological polar surface area (TPSA) is 46.9 Å². The highest BCUT2D eigenvalue weighted by molar-refractivity contribution is 9.10. The van der Waals surface area contributed by atoms with Gasteiger partial charge in [-0.15, -0.1) is 0 Å². The van der Waals surface area contributed by atoms with Gasteiger partial charge in [0.05, 0.1) is 22.6 Å². The van der Waals surface area contributed by atoms with Crippen molar-refractivity contribution in [3.05, 3.63) is 45.2 Å². The number of rotatable bonds is 4. The molecule has 0 saturated heterocycles. The van der Waals surface area contributed by atoms with Crippen LogP contribution in [0, 0.1) is 33.6 Å². The van der Waals surface area contributed by atoms with E-state index in [2.05, 4.69) is 32.4 Å². The minimum absolute atomic E-state index is 0.00984. The van der Waals surface area contributed by atoms with Gasteiger partial charge in [0.1, 0.15) is 0 Å². The standard InChI is InChI=1S/C17H22BrN3O/c1-10-6-7-15(11(2)8-10)19-17(22)12(3)9-21-14(5)16(18)13(4)20-21/h6-8,12H,9H2,1-5H3,(H,19,22). The van der Waals surface area contributed by atoms with Crippen LogP contribution in [0.3, 0.4) is 0 Å². The second-order valence-corrected chi connectivity index (χ2v) is 6.67. The summed E-state index contributed by atoms with van der Waals surface area (Å²) in [6, 6.07) is 6.03. The molecule has 1 N–H and O–H groups in total. The van der Waals surface area contributed by atoms with Crippen LogP contribution in [0.4, 0.5) is 5.69 Å². The molecule has 1 heterocycles. The molecule has 2 aromatic rings. The molecular formula is C17H22BrN3O. The highest BCUT2D eigenvalue weighted by Gasteiger charge is 2.17. The van der Waals surface area contributed by atoms with E-state index in [1.54, 1.807) is 0 Å². The Morgan fingerprint density at radius 3 is 2.55 bits per heavy atom. The molecule has 0 fully saturated rings. The van der Waals surface area contributed by atoms with Gasteiger partial charge in [-0.3, -0.25) is 9.48 Å². The molecule has 4 nitrogen and oxygen atoms in total. The maximum atomic E-state index is 12.4. The number of hydrogen-bond donors (Lipinski definition) is 1. The van der Waals surface area contributed by atoms with Crippen LogP contribution in [0.25, 0.3) is 0 Å². The van der Waals surface area contributed by atoms with Gasteiger partial charge in [-0.1, -0.05) is 24.6 Å². The van der Waals surface area contributed by atoms with E-state index < -0.39 is 0 Å². The predicted molar refractivity (Wildman–Crippen MR) is 93.1 cm³/mol. The van der Waals surface area contributed by atoms with Crippen molar-refractivity contribution in [1.29, 1.82) is 0 Å². The van der Waals surface area contributed by atoms with Crippen molar-refractivity contribution < 1.29 is 4.79 Å². The van der Waals surface area contributed by atoms with Crippen molar-refractivity contribution >= 4 is 27.5 Å². The van der Waals surface area contributed by atoms with Crippen LogP contribution in [-0.4, -0.2) is 15.7 Å². The smallest absolute Gasteiger partial charge is 0.229 e. The molecule has 0 aliphatic carbocycles. The van der Waals surface area contributed by atoms with Crippen molar-refractivity contribution in [2.45, 2.75) is 41.2 Å². The van der Waals surface area contributed by atoms with E-state index in [1.165, 1.54) is 5.56 Å². The average Bonchev–Trinajstić information content (AvgIpc) is 2.69. The Labute approximate surface area is 140 Å². The van der Waals surface area contributed by atoms with Crippen molar-refractivity contribution in [3.8, 4) is 0 Å². The van der Waals surface area contributed by atoms with Crippen LogP contribution in [-0.2, 0) is 11.3 Å². The molecule has 22 heavy (non-hydrogen) atoms. The summed E-state index contributed by atoms with van der Waals surface area (Å²) in [7, 11) is 0. The summed E-state index contributed by atoms with van der Waals surface area (Å²) in [4.78, 5) is 12.4. The minimum Gasteiger partial charge on any atom is -0.326 e. The Hall–Kier alpha value is -1.62. The van der Waals surface area contributed by atoms with E-state index in [1.807, 2.05) is 51.4 Å². The number of carbonyl (C=O) groups is 1. The lowest BCUT2D eigenvalue weighted by Crippen LogP contribution is -2.25. The van der Waals surface area contributed by atoms with Crippen molar-refractivity contribution in [2.24, 2.45) is 5.92 Å². The fourth-order valence-electron chi connectivity index (χ4n) is 2.40. The zero-order valence-electron chi connectivity index (χ0n) is 13.7. The monoisotopic (exact) mass is 363 g/mol. The number of benzene rings is 1. The first kappa shape index (κ1) is 16.7. The number of anilines is 1. The number of amides is 1. The molecule has 0 saturated carbocycles. The van der Waals surface area contributed by atoms with Gasteiger partial charge in [0.2, 0.25) is 5.91 Å². The molecule has 2 rings (SSSR count). The van der Waals surface area contributed by atoms with Crippen LogP contribution in [0.2, 0.25) is 0 Å². The lowest BCUT2D eigenvalue weighted by atomic mass is 10.1. The lowest BCUT2D eigenvalue weighted by Gasteiger charge is -2.15. The molecule has 0 spiro atoms. The summed E-state index contributed by atoms with van der Waals surface area (Å²) < 4.78 is 2.89. The van der Waals surface area contributed by atoms with E-state index in [4.69, 9.17) is 0 Å². The highest BCUT2D eigenvalue weighted by atomic mass is 79.9. The van der Waals surface area contributed by atoms with Gasteiger partial charge in [0.25, 0.3) is 0 Å². The Bertz CT molecular complexity index is 706. The first-order chi connectivity index (χ1) is 10.3. The molecule has 0 aliphatic heterocycles. The number of nitrogens with one attached hydrogen (secondary N) is 1. The third-order valence-corrected chi connectivity index (χ3v) is 4.97. The predicted octanol–water partition coefficient (Wildman–Crippen LogP) is 4.15. The Morgan fingerprint density at radius 1 is 1.32 bits per heavy atom. The molecule has 0 radical (unpaired) electrons. The van der Waals surface area contributed by atoms with E-state index in [-0.39, 0.29) is 11.8 Å². The molecule has 1 aromatic carbocycles. The summed E-state index contributed by atoms with van der Waals surface area (Å²) >= 11 is 3.51. The maximum absolute atomic E-state index is 12.4. The van der Waals surface area contributed by atoms with Gasteiger partial charge < -0.3 is 5.32 Å². The molecule has 1 amide bonds. The number of aryl methyl sites for hydroxylation is 3. The van der Waals surface area contributed by atoms with Crippen molar-refractivity contribution in [1.82, 2.24) is 9.78 Å². The van der Waals surface area contributed by atoms with Gasteiger partial charge in [0.15, 0.2) is 0 Å². The normalized spacial score (nSPS) is 12.3. The van der Waals surface area contributed by atoms with E-state index >= 15 is 0 Å². The molecule has 0 aliphatic rings. The fourth-order valence-corrected chi connectivity index (χ4v) is 2.69. The van der Waals surface area contributed by atoms with E-state index in [9.17, 15) is 4.79 Å². The van der Waals surface area contributed by atoms with Crippen molar-refractivity contribution in [3.63, 3.8) is 0 Å².